The Labute approximate surface area is 164 Å². The number of hydrogen-bond donors (Lipinski definition) is 4. The Morgan fingerprint density at radius 1 is 0.759 bits per heavy atom. The molecule has 150 valence electrons. The van der Waals surface area contributed by atoms with Crippen molar-refractivity contribution < 1.29 is 24.2 Å². The fraction of sp³-hybridized carbons (Fsp3) is 0.143. The van der Waals surface area contributed by atoms with Gasteiger partial charge in [0.05, 0.1) is 28.5 Å². The van der Waals surface area contributed by atoms with Gasteiger partial charge in [0.25, 0.3) is 0 Å². The van der Waals surface area contributed by atoms with Crippen LogP contribution in [0.15, 0.2) is 67.0 Å². The maximum atomic E-state index is 12.2. The maximum Gasteiger partial charge on any atom is 0.343 e. The van der Waals surface area contributed by atoms with Gasteiger partial charge in [-0.1, -0.05) is 24.3 Å². The Kier molecular flexibility index (Phi) is 5.96. The zero-order chi connectivity index (χ0) is 21.0. The Morgan fingerprint density at radius 2 is 1.14 bits per heavy atom. The summed E-state index contributed by atoms with van der Waals surface area (Å²) < 4.78 is 10.4. The number of aromatic hydroxyl groups is 2. The molecule has 0 bridgehead atoms. The second-order valence-corrected chi connectivity index (χ2v) is 6.11. The van der Waals surface area contributed by atoms with Crippen LogP contribution in [0.25, 0.3) is 21.9 Å². The van der Waals surface area contributed by atoms with E-state index < -0.39 is 11.3 Å². The number of benzene rings is 2. The molecule has 0 radical (unpaired) electrons. The van der Waals surface area contributed by atoms with Crippen molar-refractivity contribution in [2.24, 2.45) is 5.73 Å². The summed E-state index contributed by atoms with van der Waals surface area (Å²) in [5.74, 6) is -0.558. The second kappa shape index (κ2) is 8.59. The van der Waals surface area contributed by atoms with Crippen molar-refractivity contribution in [3.05, 3.63) is 80.5 Å². The van der Waals surface area contributed by atoms with Crippen LogP contribution in [-0.2, 0) is 6.42 Å². The van der Waals surface area contributed by atoms with Crippen molar-refractivity contribution in [3.63, 3.8) is 0 Å². The van der Waals surface area contributed by atoms with E-state index in [-0.39, 0.29) is 46.8 Å². The lowest BCUT2D eigenvalue weighted by Crippen LogP contribution is -2.14. The molecule has 4 rings (SSSR count). The summed E-state index contributed by atoms with van der Waals surface area (Å²) in [6, 6.07) is 13.0. The minimum absolute atomic E-state index is 0.0972. The van der Waals surface area contributed by atoms with Crippen LogP contribution >= 0.6 is 0 Å². The monoisotopic (exact) mass is 397 g/mol. The second-order valence-electron chi connectivity index (χ2n) is 6.11. The lowest BCUT2D eigenvalue weighted by molar-refractivity contribution is 0.306. The molecule has 4 aromatic rings. The third kappa shape index (κ3) is 3.98. The Morgan fingerprint density at radius 3 is 1.52 bits per heavy atom. The molecule has 0 aliphatic heterocycles. The van der Waals surface area contributed by atoms with E-state index in [4.69, 9.17) is 19.7 Å². The highest BCUT2D eigenvalue weighted by atomic mass is 16.4. The molecule has 5 N–H and O–H groups in total. The highest BCUT2D eigenvalue weighted by molar-refractivity contribution is 5.85. The number of nitrogens with two attached hydrogens (primary N) is 1. The van der Waals surface area contributed by atoms with Gasteiger partial charge in [-0.15, -0.1) is 0 Å². The van der Waals surface area contributed by atoms with Crippen LogP contribution < -0.4 is 17.0 Å². The number of para-hydroxylation sites is 2. The van der Waals surface area contributed by atoms with Crippen LogP contribution in [0.1, 0.15) is 11.1 Å². The van der Waals surface area contributed by atoms with Crippen LogP contribution in [0.5, 0.6) is 11.5 Å². The molecule has 0 saturated carbocycles. The summed E-state index contributed by atoms with van der Waals surface area (Å²) >= 11 is 0. The van der Waals surface area contributed by atoms with Gasteiger partial charge in [-0.05, 0) is 24.3 Å². The van der Waals surface area contributed by atoms with Crippen LogP contribution in [0.2, 0.25) is 0 Å². The first kappa shape index (κ1) is 20.1. The number of fused-ring (bicyclic) bond motifs is 2. The summed E-state index contributed by atoms with van der Waals surface area (Å²) in [5.41, 5.74) is 3.48. The summed E-state index contributed by atoms with van der Waals surface area (Å²) in [4.78, 5) is 24.4. The first-order chi connectivity index (χ1) is 14.0. The molecule has 0 spiro atoms. The quantitative estimate of drug-likeness (QED) is 0.383. The fourth-order valence-corrected chi connectivity index (χ4v) is 2.83. The molecule has 0 amide bonds. The van der Waals surface area contributed by atoms with Gasteiger partial charge in [-0.25, -0.2) is 9.59 Å². The molecule has 8 heteroatoms. The van der Waals surface area contributed by atoms with Gasteiger partial charge in [0.1, 0.15) is 22.7 Å². The van der Waals surface area contributed by atoms with Crippen molar-refractivity contribution in [2.45, 2.75) is 6.42 Å². The Bertz CT molecular complexity index is 1170. The minimum atomic E-state index is -0.775. The van der Waals surface area contributed by atoms with Crippen molar-refractivity contribution in [3.8, 4) is 11.5 Å². The van der Waals surface area contributed by atoms with Gasteiger partial charge < -0.3 is 29.9 Å². The van der Waals surface area contributed by atoms with Crippen molar-refractivity contribution in [1.82, 2.24) is 0 Å². The van der Waals surface area contributed by atoms with E-state index in [1.165, 1.54) is 0 Å². The number of hydrogen-bond acceptors (Lipinski definition) is 8. The normalized spacial score (nSPS) is 10.7. The average Bonchev–Trinajstić information content (AvgIpc) is 2.73. The van der Waals surface area contributed by atoms with E-state index in [1.807, 2.05) is 0 Å². The largest absolute Gasteiger partial charge is 0.507 e. The van der Waals surface area contributed by atoms with E-state index >= 15 is 0 Å². The first-order valence-electron chi connectivity index (χ1n) is 8.76. The lowest BCUT2D eigenvalue weighted by Gasteiger charge is -2.08. The molecular weight excluding hydrogens is 378 g/mol. The van der Waals surface area contributed by atoms with E-state index in [2.05, 4.69) is 0 Å². The first-order valence-corrected chi connectivity index (χ1v) is 8.76. The standard InChI is InChI=1S/C19H12O6.C2H7NO/c20-16-10-5-1-3-7-14(10)24-18(22)12(16)9-13-17(21)11-6-2-4-8-15(11)25-19(13)23;3-1-2-4/h1-8,20-21H,9H2;4H,1-3H2. The predicted molar refractivity (Wildman–Crippen MR) is 107 cm³/mol. The number of aliphatic hydroxyl groups excluding tert-OH is 1. The highest BCUT2D eigenvalue weighted by Gasteiger charge is 2.20. The Balaban J connectivity index is 0.000000552. The summed E-state index contributed by atoms with van der Waals surface area (Å²) in [5, 5.41) is 29.3. The lowest BCUT2D eigenvalue weighted by atomic mass is 10.0. The maximum absolute atomic E-state index is 12.2. The van der Waals surface area contributed by atoms with Gasteiger partial charge in [0, 0.05) is 13.0 Å². The third-order valence-electron chi connectivity index (χ3n) is 4.24. The average molecular weight is 397 g/mol. The predicted octanol–water partition coefficient (Wildman–Crippen LogP) is 1.84. The van der Waals surface area contributed by atoms with Crippen molar-refractivity contribution in [2.75, 3.05) is 13.2 Å². The SMILES string of the molecule is NCCO.O=c1oc2ccccc2c(O)c1Cc1c(O)c2ccccc2oc1=O. The van der Waals surface area contributed by atoms with E-state index in [0.717, 1.165) is 0 Å². The zero-order valence-corrected chi connectivity index (χ0v) is 15.3. The van der Waals surface area contributed by atoms with Gasteiger partial charge in [0.2, 0.25) is 0 Å². The van der Waals surface area contributed by atoms with Crippen LogP contribution in [0.4, 0.5) is 0 Å². The molecule has 0 fully saturated rings. The minimum Gasteiger partial charge on any atom is -0.507 e. The molecule has 0 atom stereocenters. The summed E-state index contributed by atoms with van der Waals surface area (Å²) in [6.45, 7) is 0.472. The van der Waals surface area contributed by atoms with Gasteiger partial charge in [-0.2, -0.15) is 0 Å². The highest BCUT2D eigenvalue weighted by Crippen LogP contribution is 2.31. The molecular formula is C21H19NO7. The van der Waals surface area contributed by atoms with E-state index in [9.17, 15) is 19.8 Å². The smallest absolute Gasteiger partial charge is 0.343 e. The molecule has 29 heavy (non-hydrogen) atoms. The van der Waals surface area contributed by atoms with Crippen molar-refractivity contribution in [1.29, 1.82) is 0 Å². The van der Waals surface area contributed by atoms with Gasteiger partial charge in [-0.3, -0.25) is 0 Å². The topological polar surface area (TPSA) is 147 Å². The Hall–Kier alpha value is -3.62. The van der Waals surface area contributed by atoms with Crippen LogP contribution in [0.3, 0.4) is 0 Å². The molecule has 0 aliphatic carbocycles. The zero-order valence-electron chi connectivity index (χ0n) is 15.3. The molecule has 2 heterocycles. The fourth-order valence-electron chi connectivity index (χ4n) is 2.83. The number of rotatable bonds is 3. The van der Waals surface area contributed by atoms with Crippen molar-refractivity contribution >= 4 is 21.9 Å². The van der Waals surface area contributed by atoms with Gasteiger partial charge in [0.15, 0.2) is 0 Å². The van der Waals surface area contributed by atoms with E-state index in [0.29, 0.717) is 17.3 Å². The van der Waals surface area contributed by atoms with Gasteiger partial charge >= 0.3 is 11.3 Å². The third-order valence-corrected chi connectivity index (χ3v) is 4.24. The molecule has 2 aromatic carbocycles. The summed E-state index contributed by atoms with van der Waals surface area (Å²) in [7, 11) is 0. The van der Waals surface area contributed by atoms with Crippen LogP contribution in [-0.4, -0.2) is 28.5 Å². The molecule has 8 nitrogen and oxygen atoms in total. The molecule has 0 saturated heterocycles. The summed E-state index contributed by atoms with van der Waals surface area (Å²) in [6.07, 6.45) is -0.308. The molecule has 2 aromatic heterocycles. The van der Waals surface area contributed by atoms with E-state index in [1.54, 1.807) is 48.5 Å². The van der Waals surface area contributed by atoms with Crippen LogP contribution in [0, 0.1) is 0 Å². The number of aliphatic hydroxyl groups is 1. The molecule has 0 aliphatic rings. The molecule has 0 unspecified atom stereocenters.